The van der Waals surface area contributed by atoms with Crippen molar-refractivity contribution in [3.8, 4) is 0 Å². The number of allylic oxidation sites excluding steroid dienone is 14. The Labute approximate surface area is 497 Å². The van der Waals surface area contributed by atoms with Gasteiger partial charge in [0.25, 0.3) is 0 Å². The van der Waals surface area contributed by atoms with E-state index in [0.29, 0.717) is 12.8 Å². The molecule has 0 bridgehead atoms. The fraction of sp³-hybridized carbons (Fsp3) is 0.779. The Kier molecular flexibility index (Phi) is 48.2. The van der Waals surface area contributed by atoms with Crippen LogP contribution >= 0.6 is 0 Å². The molecule has 12 unspecified atom stereocenters. The van der Waals surface area contributed by atoms with Crippen LogP contribution < -0.4 is 5.32 Å². The maximum absolute atomic E-state index is 13.3. The Hall–Kier alpha value is -2.83. The molecule has 0 aromatic rings. The standard InChI is InChI=1S/C68H119NO13/c1-3-5-7-9-11-13-15-17-19-20-21-22-23-24-25-26-27-28-29-30-31-32-33-34-35-36-38-40-42-44-46-48-50-52-60(73)69-56(57(72)51-49-47-45-43-41-39-37-18-16-14-12-10-8-6-4-2)55-79-67-65(78)63(76)66(59(54-71)81-67)82-68-64(77)62(75)61(74)58(53-70)80-68/h5,7,11,13,17,19,21-22,24-25,27-28,30-31,56-59,61-68,70-72,74-78H,3-4,6,8-10,12,14-16,18,20,23,26,29,32-55H2,1-2H3,(H,69,73)/b7-5-,13-11-,19-17-,22-21-,25-24-,28-27-,31-30-. The van der Waals surface area contributed by atoms with E-state index in [1.54, 1.807) is 0 Å². The van der Waals surface area contributed by atoms with Gasteiger partial charge in [0.1, 0.15) is 48.8 Å². The van der Waals surface area contributed by atoms with Crippen LogP contribution in [0.25, 0.3) is 0 Å². The van der Waals surface area contributed by atoms with Crippen LogP contribution in [0.5, 0.6) is 0 Å². The molecule has 82 heavy (non-hydrogen) atoms. The molecular weight excluding hydrogens is 1040 g/mol. The van der Waals surface area contributed by atoms with E-state index in [4.69, 9.17) is 18.9 Å². The topological polar surface area (TPSA) is 228 Å². The summed E-state index contributed by atoms with van der Waals surface area (Å²) < 4.78 is 22.9. The third-order valence-corrected chi connectivity index (χ3v) is 15.6. The third kappa shape index (κ3) is 36.9. The maximum atomic E-state index is 13.3. The number of nitrogens with one attached hydrogen (secondary N) is 1. The van der Waals surface area contributed by atoms with E-state index in [2.05, 4.69) is 104 Å². The highest BCUT2D eigenvalue weighted by molar-refractivity contribution is 5.76. The summed E-state index contributed by atoms with van der Waals surface area (Å²) in [4.78, 5) is 13.3. The van der Waals surface area contributed by atoms with Gasteiger partial charge in [0.2, 0.25) is 5.91 Å². The largest absolute Gasteiger partial charge is 0.394 e. The molecular formula is C68H119NO13. The number of unbranched alkanes of at least 4 members (excludes halogenated alkanes) is 25. The lowest BCUT2D eigenvalue weighted by atomic mass is 9.97. The van der Waals surface area contributed by atoms with Gasteiger partial charge >= 0.3 is 0 Å². The number of amides is 1. The highest BCUT2D eigenvalue weighted by Crippen LogP contribution is 2.30. The second kappa shape index (κ2) is 52.5. The summed E-state index contributed by atoms with van der Waals surface area (Å²) in [5.41, 5.74) is 0. The first-order valence-corrected chi connectivity index (χ1v) is 32.8. The third-order valence-electron chi connectivity index (χ3n) is 15.6. The zero-order chi connectivity index (χ0) is 59.5. The van der Waals surface area contributed by atoms with Gasteiger partial charge in [-0.05, 0) is 70.6 Å². The van der Waals surface area contributed by atoms with Crippen LogP contribution in [0.2, 0.25) is 0 Å². The highest BCUT2D eigenvalue weighted by Gasteiger charge is 2.51. The van der Waals surface area contributed by atoms with Crippen LogP contribution in [-0.4, -0.2) is 140 Å². The van der Waals surface area contributed by atoms with Crippen molar-refractivity contribution in [3.05, 3.63) is 85.1 Å². The fourth-order valence-electron chi connectivity index (χ4n) is 10.4. The summed E-state index contributed by atoms with van der Waals surface area (Å²) in [6.45, 7) is 2.75. The second-order valence-electron chi connectivity index (χ2n) is 22.9. The van der Waals surface area contributed by atoms with Gasteiger partial charge in [0, 0.05) is 6.42 Å². The minimum absolute atomic E-state index is 0.212. The Balaban J connectivity index is 1.66. The smallest absolute Gasteiger partial charge is 0.220 e. The predicted molar refractivity (Wildman–Crippen MR) is 332 cm³/mol. The molecule has 2 rings (SSSR count). The van der Waals surface area contributed by atoms with Crippen molar-refractivity contribution in [1.82, 2.24) is 5.32 Å². The molecule has 0 saturated carbocycles. The molecule has 12 atom stereocenters. The van der Waals surface area contributed by atoms with E-state index in [1.807, 2.05) is 0 Å². The van der Waals surface area contributed by atoms with Crippen LogP contribution in [0.3, 0.4) is 0 Å². The van der Waals surface area contributed by atoms with Crippen molar-refractivity contribution in [1.29, 1.82) is 0 Å². The first-order valence-electron chi connectivity index (χ1n) is 32.8. The normalized spacial score (nSPS) is 24.5. The molecule has 474 valence electrons. The molecule has 2 heterocycles. The molecule has 0 aliphatic carbocycles. The van der Waals surface area contributed by atoms with Gasteiger partial charge in [-0.2, -0.15) is 0 Å². The summed E-state index contributed by atoms with van der Waals surface area (Å²) >= 11 is 0. The Morgan fingerprint density at radius 2 is 0.841 bits per heavy atom. The van der Waals surface area contributed by atoms with E-state index in [0.717, 1.165) is 103 Å². The van der Waals surface area contributed by atoms with Crippen LogP contribution in [0, 0.1) is 0 Å². The van der Waals surface area contributed by atoms with Crippen molar-refractivity contribution in [2.75, 3.05) is 19.8 Å². The summed E-state index contributed by atoms with van der Waals surface area (Å²) in [6.07, 6.45) is 54.4. The molecule has 2 aliphatic heterocycles. The number of rotatable bonds is 52. The zero-order valence-corrected chi connectivity index (χ0v) is 51.2. The monoisotopic (exact) mass is 1160 g/mol. The number of hydrogen-bond donors (Lipinski definition) is 9. The zero-order valence-electron chi connectivity index (χ0n) is 51.2. The van der Waals surface area contributed by atoms with Gasteiger partial charge < -0.3 is 65.1 Å². The highest BCUT2D eigenvalue weighted by atomic mass is 16.7. The molecule has 1 amide bonds. The predicted octanol–water partition coefficient (Wildman–Crippen LogP) is 12.4. The number of aliphatic hydroxyl groups is 8. The maximum Gasteiger partial charge on any atom is 0.220 e. The summed E-state index contributed by atoms with van der Waals surface area (Å²) in [5, 5.41) is 87.4. The van der Waals surface area contributed by atoms with E-state index < -0.39 is 86.8 Å². The van der Waals surface area contributed by atoms with Crippen molar-refractivity contribution in [2.45, 2.75) is 319 Å². The van der Waals surface area contributed by atoms with Gasteiger partial charge in [-0.3, -0.25) is 4.79 Å². The second-order valence-corrected chi connectivity index (χ2v) is 22.9. The van der Waals surface area contributed by atoms with Gasteiger partial charge in [0.05, 0.1) is 32.0 Å². The number of carbonyl (C=O) groups excluding carboxylic acids is 1. The Morgan fingerprint density at radius 1 is 0.451 bits per heavy atom. The lowest BCUT2D eigenvalue weighted by Crippen LogP contribution is -2.65. The number of aliphatic hydroxyl groups excluding tert-OH is 8. The van der Waals surface area contributed by atoms with Gasteiger partial charge in [-0.1, -0.05) is 253 Å². The van der Waals surface area contributed by atoms with E-state index in [9.17, 15) is 45.6 Å². The van der Waals surface area contributed by atoms with Crippen LogP contribution in [0.4, 0.5) is 0 Å². The number of carbonyl (C=O) groups is 1. The summed E-state index contributed by atoms with van der Waals surface area (Å²) in [6, 6.07) is -0.835. The lowest BCUT2D eigenvalue weighted by Gasteiger charge is -2.46. The molecule has 2 saturated heterocycles. The molecule has 2 fully saturated rings. The Bertz CT molecular complexity index is 1700. The van der Waals surface area contributed by atoms with E-state index in [1.165, 1.54) is 116 Å². The fourth-order valence-corrected chi connectivity index (χ4v) is 10.4. The quantitative estimate of drug-likeness (QED) is 0.0204. The lowest BCUT2D eigenvalue weighted by molar-refractivity contribution is -0.359. The van der Waals surface area contributed by atoms with Crippen LogP contribution in [-0.2, 0) is 23.7 Å². The minimum atomic E-state index is -1.79. The average molecular weight is 1160 g/mol. The summed E-state index contributed by atoms with van der Waals surface area (Å²) in [7, 11) is 0. The molecule has 14 heteroatoms. The van der Waals surface area contributed by atoms with Crippen molar-refractivity contribution >= 4 is 5.91 Å². The van der Waals surface area contributed by atoms with Crippen molar-refractivity contribution < 1.29 is 64.6 Å². The van der Waals surface area contributed by atoms with Crippen LogP contribution in [0.15, 0.2) is 85.1 Å². The molecule has 14 nitrogen and oxygen atoms in total. The van der Waals surface area contributed by atoms with Crippen molar-refractivity contribution in [2.24, 2.45) is 0 Å². The SMILES string of the molecule is CC/C=C\C/C=C\C/C=C\C/C=C\C/C=C\C/C=C\C/C=C\CCCCCCCCCCCCCC(=O)NC(COC1OC(CO)C(OC2OC(CO)C(O)C(O)C2O)C(O)C1O)C(O)CCCCCCCCCCCCCCCCC. The van der Waals surface area contributed by atoms with E-state index in [-0.39, 0.29) is 12.5 Å². The molecule has 2 aliphatic rings. The molecule has 0 radical (unpaired) electrons. The average Bonchev–Trinajstić information content (AvgIpc) is 3.60. The van der Waals surface area contributed by atoms with E-state index >= 15 is 0 Å². The first kappa shape index (κ1) is 75.3. The van der Waals surface area contributed by atoms with Gasteiger partial charge in [0.15, 0.2) is 12.6 Å². The molecule has 0 spiro atoms. The first-order chi connectivity index (χ1) is 40.1. The molecule has 0 aromatic heterocycles. The minimum Gasteiger partial charge on any atom is -0.394 e. The van der Waals surface area contributed by atoms with Crippen molar-refractivity contribution in [3.63, 3.8) is 0 Å². The number of hydrogen-bond acceptors (Lipinski definition) is 13. The molecule has 9 N–H and O–H groups in total. The van der Waals surface area contributed by atoms with Crippen LogP contribution in [0.1, 0.15) is 245 Å². The summed E-state index contributed by atoms with van der Waals surface area (Å²) in [5.74, 6) is -0.212. The molecule has 0 aromatic carbocycles. The van der Waals surface area contributed by atoms with Gasteiger partial charge in [-0.25, -0.2) is 0 Å². The Morgan fingerprint density at radius 3 is 1.29 bits per heavy atom. The van der Waals surface area contributed by atoms with Gasteiger partial charge in [-0.15, -0.1) is 0 Å². The number of ether oxygens (including phenoxy) is 4.